The van der Waals surface area contributed by atoms with Crippen LogP contribution in [0.5, 0.6) is 0 Å². The number of rotatable bonds is 10. The zero-order valence-corrected chi connectivity index (χ0v) is 14.9. The summed E-state index contributed by atoms with van der Waals surface area (Å²) in [5, 5.41) is 1.93. The van der Waals surface area contributed by atoms with Gasteiger partial charge in [0.2, 0.25) is 0 Å². The molecule has 1 unspecified atom stereocenters. The van der Waals surface area contributed by atoms with Gasteiger partial charge in [0.15, 0.2) is 0 Å². The van der Waals surface area contributed by atoms with Crippen LogP contribution in [0.3, 0.4) is 0 Å². The molecule has 0 aromatic heterocycles. The minimum absolute atomic E-state index is 0.122. The molecule has 6 nitrogen and oxygen atoms in total. The maximum absolute atomic E-state index is 11.7. The lowest BCUT2D eigenvalue weighted by atomic mass is 10.1. The van der Waals surface area contributed by atoms with Gasteiger partial charge in [-0.25, -0.2) is 0 Å². The lowest BCUT2D eigenvalue weighted by molar-refractivity contribution is -0.142. The van der Waals surface area contributed by atoms with E-state index < -0.39 is 0 Å². The lowest BCUT2D eigenvalue weighted by Crippen LogP contribution is -2.38. The lowest BCUT2D eigenvalue weighted by Gasteiger charge is -2.18. The Bertz CT molecular complexity index is 499. The molecule has 24 heavy (non-hydrogen) atoms. The van der Waals surface area contributed by atoms with E-state index in [9.17, 15) is 4.79 Å². The van der Waals surface area contributed by atoms with Crippen molar-refractivity contribution >= 4 is 12.2 Å². The number of hydrogen-bond acceptors (Lipinski definition) is 6. The van der Waals surface area contributed by atoms with Crippen molar-refractivity contribution in [2.45, 2.75) is 64.8 Å². The number of carbonyl (C=O) groups is 1. The average Bonchev–Trinajstić information content (AvgIpc) is 3.02. The smallest absolute Gasteiger partial charge is 0.306 e. The summed E-state index contributed by atoms with van der Waals surface area (Å²) in [6.07, 6.45) is 13.3. The Kier molecular flexibility index (Phi) is 7.82. The molecule has 2 rings (SSSR count). The molecule has 0 aromatic carbocycles. The highest BCUT2D eigenvalue weighted by molar-refractivity contribution is 5.80. The van der Waals surface area contributed by atoms with E-state index >= 15 is 0 Å². The van der Waals surface area contributed by atoms with Crippen LogP contribution in [-0.4, -0.2) is 36.4 Å². The number of nitrogens with one attached hydrogen (secondary N) is 2. The van der Waals surface area contributed by atoms with Crippen molar-refractivity contribution in [2.75, 3.05) is 13.2 Å². The van der Waals surface area contributed by atoms with Crippen LogP contribution >= 0.6 is 0 Å². The van der Waals surface area contributed by atoms with E-state index in [1.165, 1.54) is 24.8 Å². The number of nitrogens with zero attached hydrogens (tertiary/aromatic N) is 2. The van der Waals surface area contributed by atoms with Gasteiger partial charge in [0.25, 0.3) is 0 Å². The van der Waals surface area contributed by atoms with E-state index in [1.54, 1.807) is 0 Å². The third kappa shape index (κ3) is 6.74. The second-order valence-electron chi connectivity index (χ2n) is 6.49. The van der Waals surface area contributed by atoms with E-state index in [0.717, 1.165) is 31.5 Å². The van der Waals surface area contributed by atoms with Crippen molar-refractivity contribution in [1.29, 1.82) is 0 Å². The molecule has 2 aliphatic rings. The SMILES string of the molecule is CCCCCCCC(=O)OCC1=CN(CC2=CCC(C)N=C2)NN1. The molecule has 0 aromatic rings. The normalized spacial score (nSPS) is 19.8. The van der Waals surface area contributed by atoms with Crippen LogP contribution in [0.4, 0.5) is 0 Å². The van der Waals surface area contributed by atoms with Gasteiger partial charge in [0.05, 0.1) is 18.3 Å². The summed E-state index contributed by atoms with van der Waals surface area (Å²) in [5.74, 6) is -0.122. The largest absolute Gasteiger partial charge is 0.459 e. The summed E-state index contributed by atoms with van der Waals surface area (Å²) in [6.45, 7) is 5.31. The molecule has 0 spiro atoms. The number of dihydropyridines is 1. The molecule has 0 bridgehead atoms. The number of hydrogen-bond donors (Lipinski definition) is 2. The second-order valence-corrected chi connectivity index (χ2v) is 6.49. The van der Waals surface area contributed by atoms with Gasteiger partial charge in [-0.1, -0.05) is 38.7 Å². The van der Waals surface area contributed by atoms with Crippen LogP contribution in [0.1, 0.15) is 58.8 Å². The fraction of sp³-hybridized carbons (Fsp3) is 0.667. The van der Waals surface area contributed by atoms with Crippen molar-refractivity contribution < 1.29 is 9.53 Å². The van der Waals surface area contributed by atoms with E-state index in [2.05, 4.69) is 35.9 Å². The third-order valence-electron chi connectivity index (χ3n) is 4.11. The number of esters is 1. The highest BCUT2D eigenvalue weighted by atomic mass is 16.5. The summed E-state index contributed by atoms with van der Waals surface area (Å²) in [6, 6.07) is 0.380. The molecular formula is C18H30N4O2. The van der Waals surface area contributed by atoms with Gasteiger partial charge in [-0.3, -0.25) is 14.8 Å². The highest BCUT2D eigenvalue weighted by Crippen LogP contribution is 2.11. The maximum Gasteiger partial charge on any atom is 0.306 e. The van der Waals surface area contributed by atoms with Crippen LogP contribution in [0.25, 0.3) is 0 Å². The molecular weight excluding hydrogens is 304 g/mol. The van der Waals surface area contributed by atoms with Crippen LogP contribution < -0.4 is 11.0 Å². The predicted octanol–water partition coefficient (Wildman–Crippen LogP) is 2.85. The topological polar surface area (TPSA) is 66.0 Å². The molecule has 0 fully saturated rings. The fourth-order valence-electron chi connectivity index (χ4n) is 2.62. The van der Waals surface area contributed by atoms with Crippen molar-refractivity contribution in [3.8, 4) is 0 Å². The Morgan fingerprint density at radius 1 is 1.38 bits per heavy atom. The molecule has 0 aliphatic carbocycles. The average molecular weight is 334 g/mol. The summed E-state index contributed by atoms with van der Waals surface area (Å²) < 4.78 is 5.31. The van der Waals surface area contributed by atoms with E-state index in [4.69, 9.17) is 4.74 Å². The van der Waals surface area contributed by atoms with E-state index in [1.807, 2.05) is 17.4 Å². The molecule has 2 heterocycles. The standard InChI is InChI=1S/C18H30N4O2/c1-3-4-5-6-7-8-18(23)24-14-17-13-22(21-20-17)12-16-10-9-15(2)19-11-16/h10-11,13,15,20-21H,3-9,12,14H2,1-2H3. The number of ether oxygens (including phenoxy) is 1. The fourth-order valence-corrected chi connectivity index (χ4v) is 2.62. The van der Waals surface area contributed by atoms with Crippen LogP contribution in [0.15, 0.2) is 28.5 Å². The number of hydrazine groups is 2. The number of aliphatic imine (C=N–C) groups is 1. The molecule has 134 valence electrons. The quantitative estimate of drug-likeness (QED) is 0.475. The van der Waals surface area contributed by atoms with Gasteiger partial charge in [-0.05, 0) is 25.3 Å². The maximum atomic E-state index is 11.7. The molecule has 0 amide bonds. The Morgan fingerprint density at radius 2 is 2.21 bits per heavy atom. The molecule has 1 atom stereocenters. The molecule has 6 heteroatoms. The summed E-state index contributed by atoms with van der Waals surface area (Å²) >= 11 is 0. The molecule has 2 N–H and O–H groups in total. The zero-order valence-electron chi connectivity index (χ0n) is 14.9. The molecule has 0 saturated carbocycles. The zero-order chi connectivity index (χ0) is 17.2. The Morgan fingerprint density at radius 3 is 2.96 bits per heavy atom. The first-order chi connectivity index (χ1) is 11.7. The summed E-state index contributed by atoms with van der Waals surface area (Å²) in [7, 11) is 0. The number of unbranched alkanes of at least 4 members (excludes halogenated alkanes) is 4. The Labute approximate surface area is 145 Å². The first-order valence-corrected chi connectivity index (χ1v) is 9.04. The summed E-state index contributed by atoms with van der Waals surface area (Å²) in [4.78, 5) is 16.1. The van der Waals surface area contributed by atoms with E-state index in [0.29, 0.717) is 12.5 Å². The van der Waals surface area contributed by atoms with Gasteiger partial charge < -0.3 is 10.2 Å². The molecule has 0 radical (unpaired) electrons. The van der Waals surface area contributed by atoms with Gasteiger partial charge in [-0.15, -0.1) is 5.53 Å². The molecule has 2 aliphatic heterocycles. The van der Waals surface area contributed by atoms with Crippen molar-refractivity contribution in [3.63, 3.8) is 0 Å². The second kappa shape index (κ2) is 10.1. The minimum Gasteiger partial charge on any atom is -0.459 e. The van der Waals surface area contributed by atoms with Crippen molar-refractivity contribution in [1.82, 2.24) is 16.0 Å². The summed E-state index contributed by atoms with van der Waals surface area (Å²) in [5.41, 5.74) is 8.13. The van der Waals surface area contributed by atoms with E-state index in [-0.39, 0.29) is 12.6 Å². The van der Waals surface area contributed by atoms with Crippen LogP contribution in [-0.2, 0) is 9.53 Å². The Hall–Kier alpha value is -1.82. The van der Waals surface area contributed by atoms with Gasteiger partial charge in [-0.2, -0.15) is 0 Å². The van der Waals surface area contributed by atoms with Crippen molar-refractivity contribution in [2.24, 2.45) is 4.99 Å². The Balaban J connectivity index is 1.61. The molecule has 0 saturated heterocycles. The first-order valence-electron chi connectivity index (χ1n) is 9.04. The third-order valence-corrected chi connectivity index (χ3v) is 4.11. The monoisotopic (exact) mass is 334 g/mol. The predicted molar refractivity (Wildman–Crippen MR) is 96.0 cm³/mol. The van der Waals surface area contributed by atoms with Gasteiger partial charge >= 0.3 is 5.97 Å². The van der Waals surface area contributed by atoms with Gasteiger partial charge in [0.1, 0.15) is 6.61 Å². The van der Waals surface area contributed by atoms with Crippen LogP contribution in [0, 0.1) is 0 Å². The first kappa shape index (κ1) is 18.5. The highest BCUT2D eigenvalue weighted by Gasteiger charge is 2.15. The minimum atomic E-state index is -0.122. The van der Waals surface area contributed by atoms with Crippen molar-refractivity contribution in [3.05, 3.63) is 23.5 Å². The van der Waals surface area contributed by atoms with Crippen LogP contribution in [0.2, 0.25) is 0 Å². The van der Waals surface area contributed by atoms with Gasteiger partial charge in [0, 0.05) is 18.8 Å². The number of carbonyl (C=O) groups excluding carboxylic acids is 1.